The van der Waals surface area contributed by atoms with E-state index in [9.17, 15) is 4.79 Å². The number of ether oxygens (including phenoxy) is 3. The molecule has 0 radical (unpaired) electrons. The first-order valence-electron chi connectivity index (χ1n) is 7.98. The van der Waals surface area contributed by atoms with Gasteiger partial charge in [0, 0.05) is 18.9 Å². The van der Waals surface area contributed by atoms with Gasteiger partial charge in [0.2, 0.25) is 0 Å². The number of hydrogen-bond donors (Lipinski definition) is 0. The van der Waals surface area contributed by atoms with Crippen molar-refractivity contribution in [2.24, 2.45) is 0 Å². The number of rotatable bonds is 10. The number of carbonyl (C=O) groups excluding carboxylic acids is 1. The standard InChI is InChI=1S/C18H27ClO4/c1-18(2,3)23-17(20)5-4-12-21-13-14-22-16-8-6-15(7-9-16)10-11-19/h6-9H,4-5,10-14H2,1-3H3. The molecule has 1 aromatic rings. The average Bonchev–Trinajstić information content (AvgIpc) is 2.46. The normalized spacial score (nSPS) is 11.3. The van der Waals surface area contributed by atoms with Crippen molar-refractivity contribution < 1.29 is 19.0 Å². The Morgan fingerprint density at radius 2 is 1.78 bits per heavy atom. The molecule has 0 amide bonds. The van der Waals surface area contributed by atoms with Gasteiger partial charge < -0.3 is 14.2 Å². The van der Waals surface area contributed by atoms with Gasteiger partial charge in [-0.3, -0.25) is 4.79 Å². The summed E-state index contributed by atoms with van der Waals surface area (Å²) in [7, 11) is 0. The fraction of sp³-hybridized carbons (Fsp3) is 0.611. The summed E-state index contributed by atoms with van der Waals surface area (Å²) in [6, 6.07) is 7.90. The summed E-state index contributed by atoms with van der Waals surface area (Å²) < 4.78 is 16.3. The van der Waals surface area contributed by atoms with Crippen molar-refractivity contribution in [3.63, 3.8) is 0 Å². The molecule has 0 saturated heterocycles. The van der Waals surface area contributed by atoms with E-state index in [-0.39, 0.29) is 5.97 Å². The molecule has 0 N–H and O–H groups in total. The van der Waals surface area contributed by atoms with Crippen LogP contribution in [0, 0.1) is 0 Å². The van der Waals surface area contributed by atoms with Gasteiger partial charge in [0.1, 0.15) is 18.0 Å². The molecule has 0 unspecified atom stereocenters. The third-order valence-electron chi connectivity index (χ3n) is 2.89. The maximum absolute atomic E-state index is 11.5. The second kappa shape index (κ2) is 10.5. The summed E-state index contributed by atoms with van der Waals surface area (Å²) in [4.78, 5) is 11.5. The highest BCUT2D eigenvalue weighted by Gasteiger charge is 2.15. The van der Waals surface area contributed by atoms with E-state index in [1.165, 1.54) is 5.56 Å². The number of carbonyl (C=O) groups is 1. The summed E-state index contributed by atoms with van der Waals surface area (Å²) in [6.07, 6.45) is 1.89. The van der Waals surface area contributed by atoms with Gasteiger partial charge in [-0.05, 0) is 51.3 Å². The first kappa shape index (κ1) is 19.8. The van der Waals surface area contributed by atoms with Crippen LogP contribution in [0.4, 0.5) is 0 Å². The molecular formula is C18H27ClO4. The first-order chi connectivity index (χ1) is 10.9. The fourth-order valence-electron chi connectivity index (χ4n) is 1.89. The third kappa shape index (κ3) is 10.2. The van der Waals surface area contributed by atoms with E-state index >= 15 is 0 Å². The Morgan fingerprint density at radius 1 is 1.09 bits per heavy atom. The summed E-state index contributed by atoms with van der Waals surface area (Å²) in [5.74, 6) is 1.26. The van der Waals surface area contributed by atoms with E-state index < -0.39 is 5.60 Å². The maximum Gasteiger partial charge on any atom is 0.306 e. The minimum Gasteiger partial charge on any atom is -0.491 e. The predicted molar refractivity (Wildman–Crippen MR) is 92.3 cm³/mol. The summed E-state index contributed by atoms with van der Waals surface area (Å²) in [5, 5.41) is 0. The van der Waals surface area contributed by atoms with E-state index in [0.717, 1.165) is 12.2 Å². The minimum atomic E-state index is -0.426. The van der Waals surface area contributed by atoms with Crippen molar-refractivity contribution in [1.29, 1.82) is 0 Å². The third-order valence-corrected chi connectivity index (χ3v) is 3.08. The molecule has 0 heterocycles. The van der Waals surface area contributed by atoms with E-state index in [4.69, 9.17) is 25.8 Å². The number of alkyl halides is 1. The van der Waals surface area contributed by atoms with E-state index in [1.807, 2.05) is 45.0 Å². The van der Waals surface area contributed by atoms with Crippen molar-refractivity contribution in [2.45, 2.75) is 45.6 Å². The summed E-state index contributed by atoms with van der Waals surface area (Å²) in [5.41, 5.74) is 0.774. The second-order valence-electron chi connectivity index (χ2n) is 6.23. The van der Waals surface area contributed by atoms with Crippen molar-refractivity contribution in [3.8, 4) is 5.75 Å². The largest absolute Gasteiger partial charge is 0.491 e. The molecule has 0 aromatic heterocycles. The van der Waals surface area contributed by atoms with Crippen LogP contribution in [-0.2, 0) is 20.7 Å². The molecule has 0 spiro atoms. The van der Waals surface area contributed by atoms with Crippen molar-refractivity contribution >= 4 is 17.6 Å². The topological polar surface area (TPSA) is 44.8 Å². The van der Waals surface area contributed by atoms with Crippen molar-refractivity contribution in [3.05, 3.63) is 29.8 Å². The highest BCUT2D eigenvalue weighted by atomic mass is 35.5. The smallest absolute Gasteiger partial charge is 0.306 e. The molecule has 1 rings (SSSR count). The van der Waals surface area contributed by atoms with Gasteiger partial charge in [-0.1, -0.05) is 12.1 Å². The Bertz CT molecular complexity index is 451. The van der Waals surface area contributed by atoms with E-state index in [2.05, 4.69) is 0 Å². The van der Waals surface area contributed by atoms with Crippen LogP contribution in [0.25, 0.3) is 0 Å². The molecule has 0 fully saturated rings. The number of benzene rings is 1. The number of halogens is 1. The lowest BCUT2D eigenvalue weighted by atomic mass is 10.2. The Balaban J connectivity index is 2.04. The van der Waals surface area contributed by atoms with Gasteiger partial charge in [0.25, 0.3) is 0 Å². The van der Waals surface area contributed by atoms with Crippen LogP contribution in [0.3, 0.4) is 0 Å². The van der Waals surface area contributed by atoms with Crippen LogP contribution in [0.1, 0.15) is 39.2 Å². The molecular weight excluding hydrogens is 316 g/mol. The second-order valence-corrected chi connectivity index (χ2v) is 6.61. The van der Waals surface area contributed by atoms with Crippen LogP contribution in [0.2, 0.25) is 0 Å². The number of esters is 1. The van der Waals surface area contributed by atoms with Gasteiger partial charge in [-0.15, -0.1) is 11.6 Å². The Kier molecular flexibility index (Phi) is 9.03. The molecule has 23 heavy (non-hydrogen) atoms. The molecule has 5 heteroatoms. The molecule has 130 valence electrons. The molecule has 0 saturated carbocycles. The summed E-state index contributed by atoms with van der Waals surface area (Å²) >= 11 is 5.69. The van der Waals surface area contributed by atoms with Gasteiger partial charge in [0.15, 0.2) is 0 Å². The Hall–Kier alpha value is -1.26. The van der Waals surface area contributed by atoms with Gasteiger partial charge in [-0.25, -0.2) is 0 Å². The monoisotopic (exact) mass is 342 g/mol. The quantitative estimate of drug-likeness (QED) is 0.366. The Morgan fingerprint density at radius 3 is 2.39 bits per heavy atom. The molecule has 0 aliphatic carbocycles. The lowest BCUT2D eigenvalue weighted by molar-refractivity contribution is -0.155. The average molecular weight is 343 g/mol. The first-order valence-corrected chi connectivity index (χ1v) is 8.51. The maximum atomic E-state index is 11.5. The SMILES string of the molecule is CC(C)(C)OC(=O)CCCOCCOc1ccc(CCCl)cc1. The van der Waals surface area contributed by atoms with Gasteiger partial charge in [0.05, 0.1) is 6.61 Å². The lowest BCUT2D eigenvalue weighted by Crippen LogP contribution is -2.23. The highest BCUT2D eigenvalue weighted by molar-refractivity contribution is 6.17. The van der Waals surface area contributed by atoms with Crippen LogP contribution in [0.5, 0.6) is 5.75 Å². The van der Waals surface area contributed by atoms with E-state index in [0.29, 0.717) is 38.5 Å². The molecule has 0 aliphatic heterocycles. The van der Waals surface area contributed by atoms with Crippen LogP contribution >= 0.6 is 11.6 Å². The van der Waals surface area contributed by atoms with Gasteiger partial charge >= 0.3 is 5.97 Å². The zero-order chi connectivity index (χ0) is 17.1. The summed E-state index contributed by atoms with van der Waals surface area (Å²) in [6.45, 7) is 7.10. The van der Waals surface area contributed by atoms with Crippen LogP contribution in [-0.4, -0.2) is 37.3 Å². The Labute approximate surface area is 144 Å². The molecule has 0 bridgehead atoms. The molecule has 4 nitrogen and oxygen atoms in total. The minimum absolute atomic E-state index is 0.186. The molecule has 1 aromatic carbocycles. The fourth-order valence-corrected chi connectivity index (χ4v) is 2.11. The van der Waals surface area contributed by atoms with Crippen molar-refractivity contribution in [2.75, 3.05) is 25.7 Å². The number of aryl methyl sites for hydroxylation is 1. The van der Waals surface area contributed by atoms with Gasteiger partial charge in [-0.2, -0.15) is 0 Å². The molecule has 0 atom stereocenters. The highest BCUT2D eigenvalue weighted by Crippen LogP contribution is 2.13. The van der Waals surface area contributed by atoms with Crippen LogP contribution in [0.15, 0.2) is 24.3 Å². The zero-order valence-corrected chi connectivity index (χ0v) is 15.0. The zero-order valence-electron chi connectivity index (χ0n) is 14.3. The number of hydrogen-bond acceptors (Lipinski definition) is 4. The lowest BCUT2D eigenvalue weighted by Gasteiger charge is -2.19. The predicted octanol–water partition coefficient (Wildman–Crippen LogP) is 3.99. The van der Waals surface area contributed by atoms with E-state index in [1.54, 1.807) is 0 Å². The molecule has 0 aliphatic rings. The van der Waals surface area contributed by atoms with Crippen LogP contribution < -0.4 is 4.74 Å². The van der Waals surface area contributed by atoms with Crippen molar-refractivity contribution in [1.82, 2.24) is 0 Å².